The molecule has 2 rings (SSSR count). The van der Waals surface area contributed by atoms with Crippen LogP contribution in [0.4, 0.5) is 0 Å². The first-order valence-corrected chi connectivity index (χ1v) is 6.44. The molecular formula is C17H9N3O3. The Morgan fingerprint density at radius 3 is 2.39 bits per heavy atom. The molecule has 1 aromatic heterocycles. The van der Waals surface area contributed by atoms with Crippen LogP contribution in [0.15, 0.2) is 46.4 Å². The first-order valence-electron chi connectivity index (χ1n) is 6.44. The minimum absolute atomic E-state index is 0.0542. The normalized spacial score (nSPS) is 9.09. The van der Waals surface area contributed by atoms with Gasteiger partial charge in [0, 0.05) is 11.6 Å². The Hall–Kier alpha value is -3.82. The van der Waals surface area contributed by atoms with E-state index in [0.717, 1.165) is 5.56 Å². The molecular weight excluding hydrogens is 294 g/mol. The standard InChI is InChI=1S/C17H9N3O3/c18-7-8-22-17(21)14-3-1-13(2-4-14)16-6-5-15(23-16)9-12(10-19)11-20/h1-6,9H,8H2. The summed E-state index contributed by atoms with van der Waals surface area (Å²) in [5.74, 6) is 0.341. The number of ether oxygens (including phenoxy) is 1. The lowest BCUT2D eigenvalue weighted by Gasteiger charge is -2.01. The van der Waals surface area contributed by atoms with Gasteiger partial charge in [-0.25, -0.2) is 4.79 Å². The molecule has 0 bridgehead atoms. The van der Waals surface area contributed by atoms with Crippen LogP contribution in [0.1, 0.15) is 16.1 Å². The van der Waals surface area contributed by atoms with E-state index >= 15 is 0 Å². The Kier molecular flexibility index (Phi) is 4.92. The van der Waals surface area contributed by atoms with Gasteiger partial charge in [-0.05, 0) is 24.3 Å². The number of rotatable bonds is 4. The zero-order valence-corrected chi connectivity index (χ0v) is 11.8. The van der Waals surface area contributed by atoms with Gasteiger partial charge in [0.1, 0.15) is 35.3 Å². The summed E-state index contributed by atoms with van der Waals surface area (Å²) < 4.78 is 10.2. The smallest absolute Gasteiger partial charge is 0.339 e. The van der Waals surface area contributed by atoms with E-state index in [1.54, 1.807) is 54.6 Å². The molecule has 23 heavy (non-hydrogen) atoms. The Morgan fingerprint density at radius 1 is 1.09 bits per heavy atom. The number of nitrogens with zero attached hydrogens (tertiary/aromatic N) is 3. The number of hydrogen-bond acceptors (Lipinski definition) is 6. The maximum absolute atomic E-state index is 11.6. The molecule has 0 amide bonds. The number of allylic oxidation sites excluding steroid dienone is 1. The van der Waals surface area contributed by atoms with Crippen molar-refractivity contribution in [3.63, 3.8) is 0 Å². The number of esters is 1. The van der Waals surface area contributed by atoms with Gasteiger partial charge in [0.15, 0.2) is 6.61 Å². The van der Waals surface area contributed by atoms with Crippen LogP contribution in [0.3, 0.4) is 0 Å². The van der Waals surface area contributed by atoms with E-state index in [9.17, 15) is 4.79 Å². The summed E-state index contributed by atoms with van der Waals surface area (Å²) in [6, 6.07) is 15.0. The third-order valence-corrected chi connectivity index (χ3v) is 2.83. The molecule has 0 aliphatic heterocycles. The van der Waals surface area contributed by atoms with Crippen LogP contribution in [0, 0.1) is 34.0 Å². The molecule has 6 heteroatoms. The predicted octanol–water partition coefficient (Wildman–Crippen LogP) is 3.06. The molecule has 0 N–H and O–H groups in total. The summed E-state index contributed by atoms with van der Waals surface area (Å²) in [4.78, 5) is 11.6. The average molecular weight is 303 g/mol. The minimum Gasteiger partial charge on any atom is -0.457 e. The van der Waals surface area contributed by atoms with Crippen molar-refractivity contribution < 1.29 is 13.9 Å². The van der Waals surface area contributed by atoms with Gasteiger partial charge in [0.2, 0.25) is 0 Å². The number of hydrogen-bond donors (Lipinski definition) is 0. The molecule has 0 aliphatic rings. The highest BCUT2D eigenvalue weighted by Gasteiger charge is 2.09. The molecule has 0 atom stereocenters. The molecule has 1 heterocycles. The fourth-order valence-electron chi connectivity index (χ4n) is 1.77. The molecule has 0 saturated heterocycles. The van der Waals surface area contributed by atoms with Crippen molar-refractivity contribution in [1.82, 2.24) is 0 Å². The predicted molar refractivity (Wildman–Crippen MR) is 79.2 cm³/mol. The van der Waals surface area contributed by atoms with Crippen LogP contribution >= 0.6 is 0 Å². The van der Waals surface area contributed by atoms with Gasteiger partial charge >= 0.3 is 5.97 Å². The monoisotopic (exact) mass is 303 g/mol. The summed E-state index contributed by atoms with van der Waals surface area (Å²) in [5, 5.41) is 25.8. The van der Waals surface area contributed by atoms with Crippen molar-refractivity contribution >= 4 is 12.0 Å². The zero-order valence-electron chi connectivity index (χ0n) is 11.8. The maximum Gasteiger partial charge on any atom is 0.339 e. The molecule has 1 aromatic carbocycles. The SMILES string of the molecule is N#CCOC(=O)c1ccc(-c2ccc(C=C(C#N)C#N)o2)cc1. The van der Waals surface area contributed by atoms with Gasteiger partial charge in [-0.1, -0.05) is 12.1 Å². The van der Waals surface area contributed by atoms with Crippen molar-refractivity contribution in [3.05, 3.63) is 53.3 Å². The molecule has 0 saturated carbocycles. The van der Waals surface area contributed by atoms with Crippen LogP contribution in [0.2, 0.25) is 0 Å². The number of carbonyl (C=O) groups is 1. The van der Waals surface area contributed by atoms with Gasteiger partial charge in [0.05, 0.1) is 5.56 Å². The van der Waals surface area contributed by atoms with Gasteiger partial charge in [-0.2, -0.15) is 15.8 Å². The molecule has 0 spiro atoms. The third-order valence-electron chi connectivity index (χ3n) is 2.83. The Morgan fingerprint density at radius 2 is 1.78 bits per heavy atom. The number of benzene rings is 1. The Balaban J connectivity index is 2.18. The van der Waals surface area contributed by atoms with Crippen molar-refractivity contribution in [2.45, 2.75) is 0 Å². The second-order valence-electron chi connectivity index (χ2n) is 4.30. The van der Waals surface area contributed by atoms with E-state index in [4.69, 9.17) is 24.9 Å². The number of furan rings is 1. The van der Waals surface area contributed by atoms with Crippen LogP contribution in [0.5, 0.6) is 0 Å². The van der Waals surface area contributed by atoms with Gasteiger partial charge in [-0.15, -0.1) is 0 Å². The average Bonchev–Trinajstić information content (AvgIpc) is 3.06. The summed E-state index contributed by atoms with van der Waals surface area (Å²) in [7, 11) is 0. The summed E-state index contributed by atoms with van der Waals surface area (Å²) >= 11 is 0. The van der Waals surface area contributed by atoms with Crippen LogP contribution in [-0.4, -0.2) is 12.6 Å². The lowest BCUT2D eigenvalue weighted by atomic mass is 10.1. The van der Waals surface area contributed by atoms with E-state index in [-0.39, 0.29) is 12.2 Å². The highest BCUT2D eigenvalue weighted by Crippen LogP contribution is 2.24. The molecule has 0 fully saturated rings. The van der Waals surface area contributed by atoms with Crippen molar-refractivity contribution in [2.75, 3.05) is 6.61 Å². The van der Waals surface area contributed by atoms with Crippen molar-refractivity contribution in [1.29, 1.82) is 15.8 Å². The van der Waals surface area contributed by atoms with E-state index in [0.29, 0.717) is 17.1 Å². The lowest BCUT2D eigenvalue weighted by molar-refractivity contribution is 0.0555. The third kappa shape index (κ3) is 3.85. The molecule has 0 aliphatic carbocycles. The second kappa shape index (κ2) is 7.26. The molecule has 0 radical (unpaired) electrons. The summed E-state index contributed by atoms with van der Waals surface area (Å²) in [6.45, 7) is -0.297. The minimum atomic E-state index is -0.575. The topological polar surface area (TPSA) is 111 Å². The lowest BCUT2D eigenvalue weighted by Crippen LogP contribution is -2.04. The fourth-order valence-corrected chi connectivity index (χ4v) is 1.77. The van der Waals surface area contributed by atoms with E-state index in [2.05, 4.69) is 0 Å². The van der Waals surface area contributed by atoms with E-state index in [1.807, 2.05) is 0 Å². The quantitative estimate of drug-likeness (QED) is 0.634. The van der Waals surface area contributed by atoms with Gasteiger partial charge in [0.25, 0.3) is 0 Å². The van der Waals surface area contributed by atoms with Crippen molar-refractivity contribution in [3.8, 4) is 29.5 Å². The molecule has 110 valence electrons. The van der Waals surface area contributed by atoms with E-state index < -0.39 is 5.97 Å². The maximum atomic E-state index is 11.6. The Bertz CT molecular complexity index is 856. The summed E-state index contributed by atoms with van der Waals surface area (Å²) in [5.41, 5.74) is 0.991. The highest BCUT2D eigenvalue weighted by atomic mass is 16.5. The van der Waals surface area contributed by atoms with Crippen LogP contribution in [-0.2, 0) is 4.74 Å². The Labute approximate surface area is 132 Å². The van der Waals surface area contributed by atoms with Crippen LogP contribution in [0.25, 0.3) is 17.4 Å². The largest absolute Gasteiger partial charge is 0.457 e. The van der Waals surface area contributed by atoms with Gasteiger partial charge in [-0.3, -0.25) is 0 Å². The van der Waals surface area contributed by atoms with Crippen LogP contribution < -0.4 is 0 Å². The number of carbonyl (C=O) groups excluding carboxylic acids is 1. The number of nitriles is 3. The first kappa shape index (κ1) is 15.6. The summed E-state index contributed by atoms with van der Waals surface area (Å²) in [6.07, 6.45) is 1.34. The molecule has 2 aromatic rings. The fraction of sp³-hybridized carbons (Fsp3) is 0.0588. The second-order valence-corrected chi connectivity index (χ2v) is 4.30. The zero-order chi connectivity index (χ0) is 16.7. The van der Waals surface area contributed by atoms with E-state index in [1.165, 1.54) is 6.08 Å². The highest BCUT2D eigenvalue weighted by molar-refractivity contribution is 5.90. The molecule has 6 nitrogen and oxygen atoms in total. The first-order chi connectivity index (χ1) is 11.2. The van der Waals surface area contributed by atoms with Gasteiger partial charge < -0.3 is 9.15 Å². The van der Waals surface area contributed by atoms with Crippen molar-refractivity contribution in [2.24, 2.45) is 0 Å². The molecule has 0 unspecified atom stereocenters.